The van der Waals surface area contributed by atoms with Gasteiger partial charge in [-0.2, -0.15) is 10.2 Å². The lowest BCUT2D eigenvalue weighted by Gasteiger charge is -2.05. The molecule has 1 heterocycles. The number of carbonyl (C=O) groups is 1. The van der Waals surface area contributed by atoms with Gasteiger partial charge in [0.2, 0.25) is 0 Å². The zero-order chi connectivity index (χ0) is 18.9. The molecule has 1 aromatic heterocycles. The van der Waals surface area contributed by atoms with Gasteiger partial charge in [0.25, 0.3) is 5.91 Å². The van der Waals surface area contributed by atoms with Gasteiger partial charge in [-0.25, -0.2) is 5.43 Å². The molecule has 138 valence electrons. The lowest BCUT2D eigenvalue weighted by atomic mass is 10.2. The van der Waals surface area contributed by atoms with Crippen LogP contribution in [0.4, 0.5) is 0 Å². The molecule has 0 fully saturated rings. The van der Waals surface area contributed by atoms with Crippen LogP contribution in [0.25, 0.3) is 0 Å². The number of ether oxygens (including phenoxy) is 1. The molecule has 3 rings (SSSR count). The number of hydrogen-bond acceptors (Lipinski definition) is 4. The average molecular weight is 362 g/mol. The van der Waals surface area contributed by atoms with Crippen molar-refractivity contribution >= 4 is 12.1 Å². The minimum absolute atomic E-state index is 0.0872. The molecule has 1 amide bonds. The van der Waals surface area contributed by atoms with Crippen molar-refractivity contribution in [3.05, 3.63) is 83.7 Å². The van der Waals surface area contributed by atoms with E-state index in [1.807, 2.05) is 65.5 Å². The first-order valence-electron chi connectivity index (χ1n) is 8.83. The van der Waals surface area contributed by atoms with Gasteiger partial charge in [-0.1, -0.05) is 49.4 Å². The second kappa shape index (κ2) is 9.33. The van der Waals surface area contributed by atoms with Crippen LogP contribution in [-0.2, 0) is 17.8 Å². The highest BCUT2D eigenvalue weighted by Crippen LogP contribution is 2.12. The summed E-state index contributed by atoms with van der Waals surface area (Å²) in [6.07, 6.45) is 6.10. The molecule has 27 heavy (non-hydrogen) atoms. The standard InChI is InChI=1S/C21H22N4O2/c1-2-17-8-10-20(11-9-17)27-16-21(26)24-22-12-19-13-23-25(15-19)14-18-6-4-3-5-7-18/h3-13,15H,2,14,16H2,1H3,(H,24,26)/b22-12-. The zero-order valence-electron chi connectivity index (χ0n) is 15.2. The van der Waals surface area contributed by atoms with Crippen LogP contribution in [-0.4, -0.2) is 28.5 Å². The van der Waals surface area contributed by atoms with Crippen LogP contribution in [0.1, 0.15) is 23.6 Å². The highest BCUT2D eigenvalue weighted by atomic mass is 16.5. The first-order valence-corrected chi connectivity index (χ1v) is 8.83. The second-order valence-corrected chi connectivity index (χ2v) is 6.04. The fraction of sp³-hybridized carbons (Fsp3) is 0.190. The smallest absolute Gasteiger partial charge is 0.277 e. The largest absolute Gasteiger partial charge is 0.484 e. The highest BCUT2D eigenvalue weighted by Gasteiger charge is 2.02. The van der Waals surface area contributed by atoms with E-state index in [4.69, 9.17) is 4.74 Å². The minimum atomic E-state index is -0.317. The minimum Gasteiger partial charge on any atom is -0.484 e. The molecule has 0 atom stereocenters. The maximum atomic E-state index is 11.8. The Morgan fingerprint density at radius 3 is 2.67 bits per heavy atom. The number of benzene rings is 2. The van der Waals surface area contributed by atoms with Crippen molar-refractivity contribution in [3.8, 4) is 5.75 Å². The third-order valence-electron chi connectivity index (χ3n) is 3.95. The van der Waals surface area contributed by atoms with E-state index in [0.717, 1.165) is 12.0 Å². The summed E-state index contributed by atoms with van der Waals surface area (Å²) >= 11 is 0. The predicted octanol–water partition coefficient (Wildman–Crippen LogP) is 3.02. The molecular weight excluding hydrogens is 340 g/mol. The molecule has 2 aromatic carbocycles. The summed E-state index contributed by atoms with van der Waals surface area (Å²) in [4.78, 5) is 11.8. The van der Waals surface area contributed by atoms with E-state index in [-0.39, 0.29) is 12.5 Å². The number of aryl methyl sites for hydroxylation is 1. The molecule has 6 nitrogen and oxygen atoms in total. The number of aromatic nitrogens is 2. The van der Waals surface area contributed by atoms with Crippen molar-refractivity contribution in [3.63, 3.8) is 0 Å². The van der Waals surface area contributed by atoms with Crippen molar-refractivity contribution < 1.29 is 9.53 Å². The summed E-state index contributed by atoms with van der Waals surface area (Å²) in [6.45, 7) is 2.69. The lowest BCUT2D eigenvalue weighted by molar-refractivity contribution is -0.123. The van der Waals surface area contributed by atoms with E-state index < -0.39 is 0 Å². The fourth-order valence-corrected chi connectivity index (χ4v) is 2.48. The SMILES string of the molecule is CCc1ccc(OCC(=O)N/N=C\c2cnn(Cc3ccccc3)c2)cc1. The van der Waals surface area contributed by atoms with Crippen LogP contribution in [0.3, 0.4) is 0 Å². The predicted molar refractivity (Wildman–Crippen MR) is 105 cm³/mol. The van der Waals surface area contributed by atoms with Crippen molar-refractivity contribution in [1.29, 1.82) is 0 Å². The van der Waals surface area contributed by atoms with Crippen molar-refractivity contribution in [1.82, 2.24) is 15.2 Å². The maximum Gasteiger partial charge on any atom is 0.277 e. The van der Waals surface area contributed by atoms with Gasteiger partial charge >= 0.3 is 0 Å². The van der Waals surface area contributed by atoms with Gasteiger partial charge < -0.3 is 4.74 Å². The quantitative estimate of drug-likeness (QED) is 0.495. The van der Waals surface area contributed by atoms with E-state index >= 15 is 0 Å². The second-order valence-electron chi connectivity index (χ2n) is 6.04. The third-order valence-corrected chi connectivity index (χ3v) is 3.95. The van der Waals surface area contributed by atoms with Crippen molar-refractivity contribution in [2.24, 2.45) is 5.10 Å². The van der Waals surface area contributed by atoms with Crippen LogP contribution in [0, 0.1) is 0 Å². The number of hydrazone groups is 1. The molecule has 6 heteroatoms. The number of rotatable bonds is 8. The van der Waals surface area contributed by atoms with Gasteiger partial charge in [0.15, 0.2) is 6.61 Å². The van der Waals surface area contributed by atoms with E-state index in [9.17, 15) is 4.79 Å². The van der Waals surface area contributed by atoms with Crippen molar-refractivity contribution in [2.75, 3.05) is 6.61 Å². The molecule has 0 saturated carbocycles. The van der Waals surface area contributed by atoms with Crippen LogP contribution in [0.5, 0.6) is 5.75 Å². The normalized spacial score (nSPS) is 10.9. The molecule has 0 spiro atoms. The number of nitrogens with one attached hydrogen (secondary N) is 1. The maximum absolute atomic E-state index is 11.8. The van der Waals surface area contributed by atoms with E-state index in [1.165, 1.54) is 11.1 Å². The molecule has 0 radical (unpaired) electrons. The summed E-state index contributed by atoms with van der Waals surface area (Å²) in [5.41, 5.74) is 5.65. The van der Waals surface area contributed by atoms with Gasteiger partial charge in [0, 0.05) is 11.8 Å². The van der Waals surface area contributed by atoms with Crippen LogP contribution in [0.2, 0.25) is 0 Å². The van der Waals surface area contributed by atoms with Gasteiger partial charge in [0.05, 0.1) is 19.0 Å². The Morgan fingerprint density at radius 1 is 1.15 bits per heavy atom. The number of nitrogens with zero attached hydrogens (tertiary/aromatic N) is 3. The molecule has 0 bridgehead atoms. The summed E-state index contributed by atoms with van der Waals surface area (Å²) < 4.78 is 7.26. The lowest BCUT2D eigenvalue weighted by Crippen LogP contribution is -2.24. The summed E-state index contributed by atoms with van der Waals surface area (Å²) in [5.74, 6) is 0.344. The molecule has 0 saturated heterocycles. The Hall–Kier alpha value is -3.41. The average Bonchev–Trinajstić information content (AvgIpc) is 3.14. The van der Waals surface area contributed by atoms with Crippen LogP contribution >= 0.6 is 0 Å². The molecule has 0 aliphatic carbocycles. The summed E-state index contributed by atoms with van der Waals surface area (Å²) in [5, 5.41) is 8.23. The Morgan fingerprint density at radius 2 is 1.93 bits per heavy atom. The fourth-order valence-electron chi connectivity index (χ4n) is 2.48. The zero-order valence-corrected chi connectivity index (χ0v) is 15.2. The molecule has 3 aromatic rings. The first-order chi connectivity index (χ1) is 13.2. The molecule has 0 unspecified atom stereocenters. The van der Waals surface area contributed by atoms with Gasteiger partial charge in [-0.05, 0) is 29.7 Å². The molecular formula is C21H22N4O2. The highest BCUT2D eigenvalue weighted by molar-refractivity contribution is 5.82. The Bertz CT molecular complexity index is 886. The molecule has 0 aliphatic heterocycles. The van der Waals surface area contributed by atoms with Gasteiger partial charge in [0.1, 0.15) is 5.75 Å². The topological polar surface area (TPSA) is 68.5 Å². The van der Waals surface area contributed by atoms with Crippen molar-refractivity contribution in [2.45, 2.75) is 19.9 Å². The van der Waals surface area contributed by atoms with Gasteiger partial charge in [-0.3, -0.25) is 9.48 Å². The van der Waals surface area contributed by atoms with E-state index in [0.29, 0.717) is 12.3 Å². The molecule has 0 aliphatic rings. The Balaban J connectivity index is 1.43. The van der Waals surface area contributed by atoms with Gasteiger partial charge in [-0.15, -0.1) is 0 Å². The van der Waals surface area contributed by atoms with Crippen LogP contribution < -0.4 is 10.2 Å². The number of hydrogen-bond donors (Lipinski definition) is 1. The van der Waals surface area contributed by atoms with E-state index in [1.54, 1.807) is 12.4 Å². The monoisotopic (exact) mass is 362 g/mol. The first kappa shape index (κ1) is 18.4. The number of carbonyl (C=O) groups excluding carboxylic acids is 1. The third kappa shape index (κ3) is 5.81. The van der Waals surface area contributed by atoms with Crippen LogP contribution in [0.15, 0.2) is 72.1 Å². The Labute approximate surface area is 158 Å². The summed E-state index contributed by atoms with van der Waals surface area (Å²) in [6, 6.07) is 17.8. The van der Waals surface area contributed by atoms with E-state index in [2.05, 4.69) is 22.5 Å². The number of amides is 1. The Kier molecular flexibility index (Phi) is 6.35. The molecule has 1 N–H and O–H groups in total. The summed E-state index contributed by atoms with van der Waals surface area (Å²) in [7, 11) is 0.